The topological polar surface area (TPSA) is 77.7 Å². The number of carbonyl (C=O) groups is 1. The van der Waals surface area contributed by atoms with Crippen LogP contribution in [0.1, 0.15) is 5.69 Å². The molecule has 0 aliphatic carbocycles. The highest BCUT2D eigenvalue weighted by Crippen LogP contribution is 2.18. The number of anilines is 1. The third kappa shape index (κ3) is 3.10. The molecule has 98 valence electrons. The predicted molar refractivity (Wildman–Crippen MR) is 66.3 cm³/mol. The smallest absolute Gasteiger partial charge is 0.260 e. The summed E-state index contributed by atoms with van der Waals surface area (Å²) in [6.07, 6.45) is 0. The van der Waals surface area contributed by atoms with E-state index in [4.69, 9.17) is 15.2 Å². The second-order valence-corrected chi connectivity index (χ2v) is 4.12. The summed E-state index contributed by atoms with van der Waals surface area (Å²) in [5.41, 5.74) is 6.52. The van der Waals surface area contributed by atoms with Gasteiger partial charge in [0.25, 0.3) is 5.91 Å². The summed E-state index contributed by atoms with van der Waals surface area (Å²) in [5.74, 6) is 0.699. The van der Waals surface area contributed by atoms with E-state index in [-0.39, 0.29) is 12.5 Å². The molecule has 18 heavy (non-hydrogen) atoms. The van der Waals surface area contributed by atoms with Gasteiger partial charge in [-0.3, -0.25) is 4.79 Å². The van der Waals surface area contributed by atoms with Crippen molar-refractivity contribution in [3.05, 3.63) is 17.8 Å². The minimum atomic E-state index is -0.0572. The molecule has 2 N–H and O–H groups in total. The Bertz CT molecular complexity index is 431. The lowest BCUT2D eigenvalue weighted by Gasteiger charge is -2.26. The van der Waals surface area contributed by atoms with Gasteiger partial charge in [-0.15, -0.1) is 0 Å². The van der Waals surface area contributed by atoms with E-state index < -0.39 is 0 Å². The standard InChI is InChI=1S/C12H17N3O3/c1-9-2-3-10(12(13)14-9)18-8-11(16)15-4-6-17-7-5-15/h2-3H,4-8H2,1H3,(H2,13,14). The molecule has 1 aromatic rings. The van der Waals surface area contributed by atoms with Gasteiger partial charge in [0.05, 0.1) is 13.2 Å². The number of hydrogen-bond donors (Lipinski definition) is 1. The highest BCUT2D eigenvalue weighted by Gasteiger charge is 2.17. The molecule has 1 aliphatic rings. The molecule has 2 rings (SSSR count). The van der Waals surface area contributed by atoms with E-state index in [9.17, 15) is 4.79 Å². The molecular weight excluding hydrogens is 234 g/mol. The van der Waals surface area contributed by atoms with Crippen LogP contribution in [0.3, 0.4) is 0 Å². The van der Waals surface area contributed by atoms with Crippen molar-refractivity contribution in [1.29, 1.82) is 0 Å². The van der Waals surface area contributed by atoms with Crippen molar-refractivity contribution >= 4 is 11.7 Å². The maximum Gasteiger partial charge on any atom is 0.260 e. The van der Waals surface area contributed by atoms with E-state index in [1.54, 1.807) is 17.0 Å². The van der Waals surface area contributed by atoms with Gasteiger partial charge >= 0.3 is 0 Å². The molecule has 0 unspecified atom stereocenters. The highest BCUT2D eigenvalue weighted by molar-refractivity contribution is 5.78. The SMILES string of the molecule is Cc1ccc(OCC(=O)N2CCOCC2)c(N)n1. The number of pyridine rings is 1. The van der Waals surface area contributed by atoms with Crippen molar-refractivity contribution in [2.75, 3.05) is 38.6 Å². The molecule has 0 atom stereocenters. The number of aromatic nitrogens is 1. The second kappa shape index (κ2) is 5.68. The Hall–Kier alpha value is -1.82. The first-order valence-corrected chi connectivity index (χ1v) is 5.88. The second-order valence-electron chi connectivity index (χ2n) is 4.12. The molecule has 0 bridgehead atoms. The first kappa shape index (κ1) is 12.6. The van der Waals surface area contributed by atoms with Crippen LogP contribution >= 0.6 is 0 Å². The summed E-state index contributed by atoms with van der Waals surface area (Å²) >= 11 is 0. The molecule has 6 heteroatoms. The lowest BCUT2D eigenvalue weighted by Crippen LogP contribution is -2.43. The first-order chi connectivity index (χ1) is 8.66. The zero-order valence-electron chi connectivity index (χ0n) is 10.4. The third-order valence-electron chi connectivity index (χ3n) is 2.74. The maximum atomic E-state index is 11.8. The number of hydrogen-bond acceptors (Lipinski definition) is 5. The first-order valence-electron chi connectivity index (χ1n) is 5.88. The van der Waals surface area contributed by atoms with Gasteiger partial charge in [-0.2, -0.15) is 0 Å². The number of aryl methyl sites for hydroxylation is 1. The summed E-state index contributed by atoms with van der Waals surface area (Å²) in [7, 11) is 0. The van der Waals surface area contributed by atoms with Gasteiger partial charge in [-0.25, -0.2) is 4.98 Å². The van der Waals surface area contributed by atoms with E-state index in [2.05, 4.69) is 4.98 Å². The number of nitrogen functional groups attached to an aromatic ring is 1. The summed E-state index contributed by atoms with van der Waals surface area (Å²) in [4.78, 5) is 17.6. The zero-order chi connectivity index (χ0) is 13.0. The van der Waals surface area contributed by atoms with Gasteiger partial charge in [-0.1, -0.05) is 0 Å². The fraction of sp³-hybridized carbons (Fsp3) is 0.500. The van der Waals surface area contributed by atoms with Crippen LogP contribution in [0.4, 0.5) is 5.82 Å². The molecule has 0 spiro atoms. The predicted octanol–water partition coefficient (Wildman–Crippen LogP) is 0.210. The number of nitrogens with zero attached hydrogens (tertiary/aromatic N) is 2. The summed E-state index contributed by atoms with van der Waals surface area (Å²) < 4.78 is 10.6. The molecular formula is C12H17N3O3. The van der Waals surface area contributed by atoms with E-state index in [1.165, 1.54) is 0 Å². The number of nitrogens with two attached hydrogens (primary N) is 1. The molecule has 1 aromatic heterocycles. The van der Waals surface area contributed by atoms with Crippen molar-refractivity contribution in [3.8, 4) is 5.75 Å². The van der Waals surface area contributed by atoms with Crippen LogP contribution in [0, 0.1) is 6.92 Å². The minimum Gasteiger partial charge on any atom is -0.480 e. The highest BCUT2D eigenvalue weighted by atomic mass is 16.5. The molecule has 6 nitrogen and oxygen atoms in total. The van der Waals surface area contributed by atoms with Crippen LogP contribution in [-0.2, 0) is 9.53 Å². The van der Waals surface area contributed by atoms with Gasteiger partial charge in [0, 0.05) is 18.8 Å². The van der Waals surface area contributed by atoms with Gasteiger partial charge in [0.1, 0.15) is 0 Å². The Morgan fingerprint density at radius 2 is 2.22 bits per heavy atom. The van der Waals surface area contributed by atoms with Crippen LogP contribution < -0.4 is 10.5 Å². The molecule has 0 aromatic carbocycles. The number of carbonyl (C=O) groups excluding carboxylic acids is 1. The monoisotopic (exact) mass is 251 g/mol. The van der Waals surface area contributed by atoms with Gasteiger partial charge in [-0.05, 0) is 19.1 Å². The van der Waals surface area contributed by atoms with E-state index in [0.717, 1.165) is 5.69 Å². The van der Waals surface area contributed by atoms with Crippen molar-refractivity contribution in [1.82, 2.24) is 9.88 Å². The molecule has 2 heterocycles. The zero-order valence-corrected chi connectivity index (χ0v) is 10.4. The molecule has 1 amide bonds. The summed E-state index contributed by atoms with van der Waals surface area (Å²) in [6.45, 7) is 4.22. The molecule has 1 saturated heterocycles. The van der Waals surface area contributed by atoms with Gasteiger partial charge < -0.3 is 20.1 Å². The van der Waals surface area contributed by atoms with Crippen LogP contribution in [0.25, 0.3) is 0 Å². The normalized spacial score (nSPS) is 15.5. The van der Waals surface area contributed by atoms with Crippen molar-refractivity contribution in [2.24, 2.45) is 0 Å². The Morgan fingerprint density at radius 3 is 2.89 bits per heavy atom. The summed E-state index contributed by atoms with van der Waals surface area (Å²) in [6, 6.07) is 3.52. The van der Waals surface area contributed by atoms with Crippen molar-refractivity contribution in [3.63, 3.8) is 0 Å². The van der Waals surface area contributed by atoms with Gasteiger partial charge in [0.2, 0.25) is 0 Å². The Morgan fingerprint density at radius 1 is 1.50 bits per heavy atom. The van der Waals surface area contributed by atoms with E-state index >= 15 is 0 Å². The van der Waals surface area contributed by atoms with Gasteiger partial charge in [0.15, 0.2) is 18.2 Å². The van der Waals surface area contributed by atoms with Crippen molar-refractivity contribution < 1.29 is 14.3 Å². The van der Waals surface area contributed by atoms with E-state index in [1.807, 2.05) is 6.92 Å². The average molecular weight is 251 g/mol. The number of rotatable bonds is 3. The number of ether oxygens (including phenoxy) is 2. The molecule has 1 aliphatic heterocycles. The molecule has 1 fully saturated rings. The third-order valence-corrected chi connectivity index (χ3v) is 2.74. The Labute approximate surface area is 106 Å². The largest absolute Gasteiger partial charge is 0.480 e. The minimum absolute atomic E-state index is 0.0189. The molecule has 0 radical (unpaired) electrons. The van der Waals surface area contributed by atoms with Crippen LogP contribution in [0.2, 0.25) is 0 Å². The average Bonchev–Trinajstić information content (AvgIpc) is 2.38. The van der Waals surface area contributed by atoms with Crippen molar-refractivity contribution in [2.45, 2.75) is 6.92 Å². The Kier molecular flexibility index (Phi) is 3.99. The van der Waals surface area contributed by atoms with Crippen LogP contribution in [0.15, 0.2) is 12.1 Å². The molecule has 0 saturated carbocycles. The Balaban J connectivity index is 1.88. The van der Waals surface area contributed by atoms with Crippen LogP contribution in [-0.4, -0.2) is 48.7 Å². The fourth-order valence-electron chi connectivity index (χ4n) is 1.73. The summed E-state index contributed by atoms with van der Waals surface area (Å²) in [5, 5.41) is 0. The quantitative estimate of drug-likeness (QED) is 0.831. The lowest BCUT2D eigenvalue weighted by atomic mass is 10.3. The number of amides is 1. The van der Waals surface area contributed by atoms with Crippen LogP contribution in [0.5, 0.6) is 5.75 Å². The fourth-order valence-corrected chi connectivity index (χ4v) is 1.73. The van der Waals surface area contributed by atoms with E-state index in [0.29, 0.717) is 37.9 Å². The number of morpholine rings is 1. The lowest BCUT2D eigenvalue weighted by molar-refractivity contribution is -0.137. The maximum absolute atomic E-state index is 11.8.